The summed E-state index contributed by atoms with van der Waals surface area (Å²) in [5.41, 5.74) is 0.983. The molecule has 0 bridgehead atoms. The molecule has 2 aromatic rings. The first-order valence-electron chi connectivity index (χ1n) is 5.43. The molecule has 0 saturated carbocycles. The van der Waals surface area contributed by atoms with Crippen LogP contribution in [0.25, 0.3) is 0 Å². The number of ether oxygens (including phenoxy) is 1. The average molecular weight is 245 g/mol. The number of hydrogen-bond acceptors (Lipinski definition) is 3. The van der Waals surface area contributed by atoms with Crippen LogP contribution in [-0.4, -0.2) is 17.9 Å². The van der Waals surface area contributed by atoms with E-state index in [0.29, 0.717) is 5.75 Å². The number of aryl methyl sites for hydroxylation is 1. The van der Waals surface area contributed by atoms with Crippen LogP contribution in [0.4, 0.5) is 4.39 Å². The lowest BCUT2D eigenvalue weighted by molar-refractivity contribution is 0.103. The molecule has 0 spiro atoms. The molecule has 0 aliphatic heterocycles. The predicted octanol–water partition coefficient (Wildman–Crippen LogP) is 2.77. The van der Waals surface area contributed by atoms with E-state index >= 15 is 0 Å². The van der Waals surface area contributed by atoms with Gasteiger partial charge in [-0.1, -0.05) is 6.07 Å². The second kappa shape index (κ2) is 4.96. The number of carbonyl (C=O) groups is 1. The van der Waals surface area contributed by atoms with Gasteiger partial charge in [0.25, 0.3) is 0 Å². The fourth-order valence-corrected chi connectivity index (χ4v) is 1.66. The molecule has 0 radical (unpaired) electrons. The van der Waals surface area contributed by atoms with E-state index < -0.39 is 11.6 Å². The van der Waals surface area contributed by atoms with Crippen molar-refractivity contribution in [1.82, 2.24) is 4.98 Å². The van der Waals surface area contributed by atoms with Crippen LogP contribution in [-0.2, 0) is 0 Å². The Bertz CT molecular complexity index is 596. The molecule has 0 atom stereocenters. The molecule has 0 amide bonds. The standard InChI is InChI=1S/C14H12FNO2/c1-9-4-3-7-16-13(9)14(17)11-6-5-10(18-2)8-12(11)15/h3-8H,1-2H3. The van der Waals surface area contributed by atoms with Crippen LogP contribution in [0.15, 0.2) is 36.5 Å². The van der Waals surface area contributed by atoms with Crippen molar-refractivity contribution < 1.29 is 13.9 Å². The fourth-order valence-electron chi connectivity index (χ4n) is 1.66. The average Bonchev–Trinajstić information content (AvgIpc) is 2.38. The summed E-state index contributed by atoms with van der Waals surface area (Å²) >= 11 is 0. The number of halogens is 1. The molecule has 1 aromatic carbocycles. The Balaban J connectivity index is 2.44. The number of aromatic nitrogens is 1. The molecule has 3 nitrogen and oxygen atoms in total. The van der Waals surface area contributed by atoms with Gasteiger partial charge in [0.15, 0.2) is 0 Å². The second-order valence-corrected chi connectivity index (χ2v) is 3.84. The molecule has 1 heterocycles. The molecule has 1 aromatic heterocycles. The van der Waals surface area contributed by atoms with E-state index in [0.717, 1.165) is 5.56 Å². The predicted molar refractivity (Wildman–Crippen MR) is 65.4 cm³/mol. The first-order chi connectivity index (χ1) is 8.63. The Morgan fingerprint density at radius 2 is 2.11 bits per heavy atom. The minimum absolute atomic E-state index is 0.00222. The van der Waals surface area contributed by atoms with Crippen LogP contribution in [0.1, 0.15) is 21.6 Å². The third-order valence-electron chi connectivity index (χ3n) is 2.65. The van der Waals surface area contributed by atoms with Crippen LogP contribution in [0.5, 0.6) is 5.75 Å². The van der Waals surface area contributed by atoms with E-state index in [1.807, 2.05) is 0 Å². The summed E-state index contributed by atoms with van der Waals surface area (Å²) in [5.74, 6) is -0.653. The summed E-state index contributed by atoms with van der Waals surface area (Å²) in [6.45, 7) is 1.77. The Morgan fingerprint density at radius 1 is 1.33 bits per heavy atom. The third-order valence-corrected chi connectivity index (χ3v) is 2.65. The van der Waals surface area contributed by atoms with Crippen LogP contribution in [0.3, 0.4) is 0 Å². The van der Waals surface area contributed by atoms with Gasteiger partial charge in [0, 0.05) is 12.3 Å². The molecule has 0 aliphatic carbocycles. The van der Waals surface area contributed by atoms with E-state index in [2.05, 4.69) is 4.98 Å². The number of nitrogens with zero attached hydrogens (tertiary/aromatic N) is 1. The van der Waals surface area contributed by atoms with Crippen LogP contribution >= 0.6 is 0 Å². The van der Waals surface area contributed by atoms with Gasteiger partial charge in [-0.05, 0) is 30.7 Å². The van der Waals surface area contributed by atoms with Crippen molar-refractivity contribution in [2.24, 2.45) is 0 Å². The van der Waals surface area contributed by atoms with E-state index in [4.69, 9.17) is 4.74 Å². The number of pyridine rings is 1. The molecule has 18 heavy (non-hydrogen) atoms. The molecule has 0 fully saturated rings. The van der Waals surface area contributed by atoms with Gasteiger partial charge in [0.05, 0.1) is 12.7 Å². The summed E-state index contributed by atoms with van der Waals surface area (Å²) in [7, 11) is 1.44. The van der Waals surface area contributed by atoms with Crippen molar-refractivity contribution in [3.8, 4) is 5.75 Å². The van der Waals surface area contributed by atoms with E-state index in [9.17, 15) is 9.18 Å². The largest absolute Gasteiger partial charge is 0.497 e. The van der Waals surface area contributed by atoms with Crippen LogP contribution in [0, 0.1) is 12.7 Å². The molecule has 4 heteroatoms. The highest BCUT2D eigenvalue weighted by atomic mass is 19.1. The zero-order valence-corrected chi connectivity index (χ0v) is 10.1. The highest BCUT2D eigenvalue weighted by Crippen LogP contribution is 2.19. The number of methoxy groups -OCH3 is 1. The SMILES string of the molecule is COc1ccc(C(=O)c2ncccc2C)c(F)c1. The maximum absolute atomic E-state index is 13.8. The lowest BCUT2D eigenvalue weighted by Crippen LogP contribution is -2.08. The van der Waals surface area contributed by atoms with E-state index in [1.165, 1.54) is 25.4 Å². The molecule has 2 rings (SSSR count). The quantitative estimate of drug-likeness (QED) is 0.780. The summed E-state index contributed by atoms with van der Waals surface area (Å²) in [6, 6.07) is 7.64. The van der Waals surface area contributed by atoms with Crippen molar-refractivity contribution >= 4 is 5.78 Å². The maximum atomic E-state index is 13.8. The third kappa shape index (κ3) is 2.22. The van der Waals surface area contributed by atoms with Gasteiger partial charge in [-0.2, -0.15) is 0 Å². The number of hydrogen-bond donors (Lipinski definition) is 0. The normalized spacial score (nSPS) is 10.2. The number of rotatable bonds is 3. The van der Waals surface area contributed by atoms with Crippen LogP contribution < -0.4 is 4.74 Å². The first kappa shape index (κ1) is 12.2. The van der Waals surface area contributed by atoms with Gasteiger partial charge >= 0.3 is 0 Å². The van der Waals surface area contributed by atoms with Crippen molar-refractivity contribution in [3.63, 3.8) is 0 Å². The minimum atomic E-state index is -0.607. The zero-order chi connectivity index (χ0) is 13.1. The lowest BCUT2D eigenvalue weighted by Gasteiger charge is -2.06. The second-order valence-electron chi connectivity index (χ2n) is 3.84. The number of ketones is 1. The molecule has 0 saturated heterocycles. The van der Waals surface area contributed by atoms with E-state index in [-0.39, 0.29) is 11.3 Å². The fraction of sp³-hybridized carbons (Fsp3) is 0.143. The molecular weight excluding hydrogens is 233 g/mol. The molecule has 92 valence electrons. The molecule has 0 unspecified atom stereocenters. The monoisotopic (exact) mass is 245 g/mol. The van der Waals surface area contributed by atoms with Gasteiger partial charge in [0.2, 0.25) is 5.78 Å². The Hall–Kier alpha value is -2.23. The Kier molecular flexibility index (Phi) is 3.37. The topological polar surface area (TPSA) is 39.2 Å². The first-order valence-corrected chi connectivity index (χ1v) is 5.43. The summed E-state index contributed by atoms with van der Waals surface area (Å²) in [6.07, 6.45) is 1.52. The summed E-state index contributed by atoms with van der Waals surface area (Å²) in [4.78, 5) is 16.1. The summed E-state index contributed by atoms with van der Waals surface area (Å²) in [5, 5.41) is 0. The molecular formula is C14H12FNO2. The summed E-state index contributed by atoms with van der Waals surface area (Å²) < 4.78 is 18.7. The van der Waals surface area contributed by atoms with Gasteiger partial charge in [0.1, 0.15) is 17.3 Å². The lowest BCUT2D eigenvalue weighted by atomic mass is 10.0. The van der Waals surface area contributed by atoms with Crippen molar-refractivity contribution in [2.45, 2.75) is 6.92 Å². The van der Waals surface area contributed by atoms with Crippen molar-refractivity contribution in [1.29, 1.82) is 0 Å². The zero-order valence-electron chi connectivity index (χ0n) is 10.1. The Labute approximate surface area is 104 Å². The molecule has 0 N–H and O–H groups in total. The minimum Gasteiger partial charge on any atom is -0.497 e. The highest BCUT2D eigenvalue weighted by molar-refractivity contribution is 6.08. The van der Waals surface area contributed by atoms with Crippen LogP contribution in [0.2, 0.25) is 0 Å². The Morgan fingerprint density at radius 3 is 2.72 bits per heavy atom. The van der Waals surface area contributed by atoms with Crippen molar-refractivity contribution in [2.75, 3.05) is 7.11 Å². The van der Waals surface area contributed by atoms with Gasteiger partial charge in [-0.25, -0.2) is 4.39 Å². The van der Waals surface area contributed by atoms with Gasteiger partial charge in [-0.3, -0.25) is 9.78 Å². The highest BCUT2D eigenvalue weighted by Gasteiger charge is 2.17. The van der Waals surface area contributed by atoms with E-state index in [1.54, 1.807) is 25.1 Å². The maximum Gasteiger partial charge on any atom is 0.214 e. The number of benzene rings is 1. The van der Waals surface area contributed by atoms with Crippen molar-refractivity contribution in [3.05, 3.63) is 59.2 Å². The smallest absolute Gasteiger partial charge is 0.214 e. The van der Waals surface area contributed by atoms with Gasteiger partial charge < -0.3 is 4.74 Å². The van der Waals surface area contributed by atoms with Gasteiger partial charge in [-0.15, -0.1) is 0 Å². The number of carbonyl (C=O) groups excluding carboxylic acids is 1. The molecule has 0 aliphatic rings.